The molecule has 6 heteroatoms. The molecule has 4 aromatic rings. The zero-order chi connectivity index (χ0) is 24.3. The number of hydrogen-bond acceptors (Lipinski definition) is 5. The van der Waals surface area contributed by atoms with Crippen LogP contribution in [0.15, 0.2) is 91.3 Å². The summed E-state index contributed by atoms with van der Waals surface area (Å²) in [6, 6.07) is 23.8. The largest absolute Gasteiger partial charge is 0.457 e. The van der Waals surface area contributed by atoms with E-state index in [1.54, 1.807) is 36.7 Å². The normalized spacial score (nSPS) is 11.1. The molecule has 0 aliphatic heterocycles. The van der Waals surface area contributed by atoms with Gasteiger partial charge in [-0.15, -0.1) is 0 Å². The number of pyridine rings is 1. The molecule has 0 saturated heterocycles. The van der Waals surface area contributed by atoms with Gasteiger partial charge in [0.05, 0.1) is 11.5 Å². The number of aromatic nitrogens is 1. The van der Waals surface area contributed by atoms with Gasteiger partial charge in [0.2, 0.25) is 5.91 Å². The van der Waals surface area contributed by atoms with Crippen LogP contribution in [-0.4, -0.2) is 23.4 Å². The van der Waals surface area contributed by atoms with Crippen LogP contribution < -0.4 is 11.1 Å². The second kappa shape index (κ2) is 12.3. The van der Waals surface area contributed by atoms with E-state index in [0.717, 1.165) is 21.9 Å². The van der Waals surface area contributed by atoms with E-state index in [-0.39, 0.29) is 25.0 Å². The summed E-state index contributed by atoms with van der Waals surface area (Å²) in [5.41, 5.74) is 8.76. The molecule has 0 unspecified atom stereocenters. The molecule has 6 nitrogen and oxygen atoms in total. The Labute approximate surface area is 199 Å². The standard InChI is InChI=1S/C26H23N3O3.C2H6/c27-15-24(25(30)29-23-11-10-22-16-28-13-12-21(22)14-23)19-8-6-18(7-9-19)17-32-26(31)20-4-2-1-3-5-20;1-2/h1-14,16,24H,15,17,27H2,(H,29,30);1-2H3/t24-;/m0./s1. The molecule has 0 aliphatic rings. The van der Waals surface area contributed by atoms with Gasteiger partial charge in [-0.2, -0.15) is 0 Å². The number of nitrogens with zero attached hydrogens (tertiary/aromatic N) is 1. The maximum atomic E-state index is 12.9. The first-order valence-electron chi connectivity index (χ1n) is 11.3. The Balaban J connectivity index is 0.00000158. The van der Waals surface area contributed by atoms with E-state index < -0.39 is 5.92 Å². The Bertz CT molecular complexity index is 1220. The zero-order valence-electron chi connectivity index (χ0n) is 19.4. The van der Waals surface area contributed by atoms with Crippen LogP contribution in [0.1, 0.15) is 41.3 Å². The third-order valence-electron chi connectivity index (χ3n) is 5.22. The van der Waals surface area contributed by atoms with E-state index in [1.807, 2.05) is 68.4 Å². The van der Waals surface area contributed by atoms with Crippen molar-refractivity contribution in [2.75, 3.05) is 11.9 Å². The van der Waals surface area contributed by atoms with E-state index in [9.17, 15) is 9.59 Å². The smallest absolute Gasteiger partial charge is 0.338 e. The number of carbonyl (C=O) groups is 2. The van der Waals surface area contributed by atoms with Crippen LogP contribution in [0.2, 0.25) is 0 Å². The highest BCUT2D eigenvalue weighted by atomic mass is 16.5. The lowest BCUT2D eigenvalue weighted by Gasteiger charge is -2.16. The molecule has 3 aromatic carbocycles. The summed E-state index contributed by atoms with van der Waals surface area (Å²) in [7, 11) is 0. The zero-order valence-corrected chi connectivity index (χ0v) is 19.4. The highest BCUT2D eigenvalue weighted by molar-refractivity contribution is 5.98. The number of nitrogens with two attached hydrogens (primary N) is 1. The first-order chi connectivity index (χ1) is 16.6. The van der Waals surface area contributed by atoms with Crippen molar-refractivity contribution in [2.45, 2.75) is 26.4 Å². The van der Waals surface area contributed by atoms with Crippen molar-refractivity contribution in [3.63, 3.8) is 0 Å². The Morgan fingerprint density at radius 2 is 1.68 bits per heavy atom. The van der Waals surface area contributed by atoms with Crippen molar-refractivity contribution in [1.82, 2.24) is 4.98 Å². The van der Waals surface area contributed by atoms with Gasteiger partial charge in [0, 0.05) is 30.0 Å². The van der Waals surface area contributed by atoms with Gasteiger partial charge in [0.1, 0.15) is 6.61 Å². The quantitative estimate of drug-likeness (QED) is 0.369. The van der Waals surface area contributed by atoms with E-state index in [1.165, 1.54) is 0 Å². The highest BCUT2D eigenvalue weighted by Crippen LogP contribution is 2.22. The average Bonchev–Trinajstić information content (AvgIpc) is 2.90. The molecular weight excluding hydrogens is 426 g/mol. The van der Waals surface area contributed by atoms with Gasteiger partial charge in [-0.25, -0.2) is 4.79 Å². The summed E-state index contributed by atoms with van der Waals surface area (Å²) in [6.45, 7) is 4.32. The van der Waals surface area contributed by atoms with Crippen LogP contribution in [0.4, 0.5) is 5.69 Å². The number of rotatable bonds is 7. The molecular formula is C28H29N3O3. The highest BCUT2D eigenvalue weighted by Gasteiger charge is 2.19. The minimum atomic E-state index is -0.496. The minimum absolute atomic E-state index is 0.152. The molecule has 3 N–H and O–H groups in total. The van der Waals surface area contributed by atoms with Crippen LogP contribution in [0.5, 0.6) is 0 Å². The SMILES string of the molecule is CC.NC[C@H](C(=O)Nc1ccc2cnccc2c1)c1ccc(COC(=O)c2ccccc2)cc1. The molecule has 1 aromatic heterocycles. The first-order valence-corrected chi connectivity index (χ1v) is 11.3. The Morgan fingerprint density at radius 3 is 2.38 bits per heavy atom. The maximum absolute atomic E-state index is 12.9. The fourth-order valence-corrected chi connectivity index (χ4v) is 3.44. The molecule has 0 bridgehead atoms. The van der Waals surface area contributed by atoms with Crippen LogP contribution in [0.25, 0.3) is 10.8 Å². The predicted molar refractivity (Wildman–Crippen MR) is 136 cm³/mol. The fourth-order valence-electron chi connectivity index (χ4n) is 3.44. The van der Waals surface area contributed by atoms with Crippen molar-refractivity contribution < 1.29 is 14.3 Å². The van der Waals surface area contributed by atoms with Crippen LogP contribution in [0.3, 0.4) is 0 Å². The molecule has 0 radical (unpaired) electrons. The van der Waals surface area contributed by atoms with E-state index in [4.69, 9.17) is 10.5 Å². The number of hydrogen-bond donors (Lipinski definition) is 2. The number of benzene rings is 3. The molecule has 0 fully saturated rings. The van der Waals surface area contributed by atoms with Crippen molar-refractivity contribution in [3.05, 3.63) is 108 Å². The molecule has 174 valence electrons. The first kappa shape index (κ1) is 24.6. The lowest BCUT2D eigenvalue weighted by atomic mass is 9.97. The summed E-state index contributed by atoms with van der Waals surface area (Å²) in [4.78, 5) is 29.1. The molecule has 1 amide bonds. The summed E-state index contributed by atoms with van der Waals surface area (Å²) < 4.78 is 5.36. The number of anilines is 1. The molecule has 0 spiro atoms. The lowest BCUT2D eigenvalue weighted by molar-refractivity contribution is -0.117. The van der Waals surface area contributed by atoms with E-state index >= 15 is 0 Å². The van der Waals surface area contributed by atoms with Gasteiger partial charge >= 0.3 is 5.97 Å². The van der Waals surface area contributed by atoms with E-state index in [2.05, 4.69) is 10.3 Å². The van der Waals surface area contributed by atoms with Crippen molar-refractivity contribution in [3.8, 4) is 0 Å². The monoisotopic (exact) mass is 455 g/mol. The second-order valence-corrected chi connectivity index (χ2v) is 7.40. The van der Waals surface area contributed by atoms with Gasteiger partial charge < -0.3 is 15.8 Å². The Hall–Kier alpha value is -4.03. The number of carbonyl (C=O) groups excluding carboxylic acids is 2. The molecule has 34 heavy (non-hydrogen) atoms. The molecule has 1 atom stereocenters. The van der Waals surface area contributed by atoms with Gasteiger partial charge in [0.15, 0.2) is 0 Å². The van der Waals surface area contributed by atoms with Crippen LogP contribution in [-0.2, 0) is 16.1 Å². The summed E-state index contributed by atoms with van der Waals surface area (Å²) >= 11 is 0. The number of amides is 1. The van der Waals surface area contributed by atoms with Crippen molar-refractivity contribution >= 4 is 28.3 Å². The predicted octanol–water partition coefficient (Wildman–Crippen LogP) is 5.30. The van der Waals surface area contributed by atoms with Crippen molar-refractivity contribution in [2.24, 2.45) is 5.73 Å². The van der Waals surface area contributed by atoms with Gasteiger partial charge in [0.25, 0.3) is 0 Å². The number of esters is 1. The number of ether oxygens (including phenoxy) is 1. The van der Waals surface area contributed by atoms with E-state index in [0.29, 0.717) is 11.3 Å². The second-order valence-electron chi connectivity index (χ2n) is 7.40. The van der Waals surface area contributed by atoms with Crippen LogP contribution >= 0.6 is 0 Å². The molecule has 0 saturated carbocycles. The Kier molecular flexibility index (Phi) is 8.88. The minimum Gasteiger partial charge on any atom is -0.457 e. The molecule has 4 rings (SSSR count). The third kappa shape index (κ3) is 6.27. The van der Waals surface area contributed by atoms with Crippen molar-refractivity contribution in [1.29, 1.82) is 0 Å². The van der Waals surface area contributed by atoms with Crippen LogP contribution in [0, 0.1) is 0 Å². The number of fused-ring (bicyclic) bond motifs is 1. The summed E-state index contributed by atoms with van der Waals surface area (Å²) in [5.74, 6) is -1.05. The molecule has 1 heterocycles. The average molecular weight is 456 g/mol. The topological polar surface area (TPSA) is 94.3 Å². The molecule has 0 aliphatic carbocycles. The lowest BCUT2D eigenvalue weighted by Crippen LogP contribution is -2.27. The third-order valence-corrected chi connectivity index (χ3v) is 5.22. The fraction of sp³-hybridized carbons (Fsp3) is 0.179. The van der Waals surface area contributed by atoms with Gasteiger partial charge in [-0.1, -0.05) is 62.4 Å². The van der Waals surface area contributed by atoms with Gasteiger partial charge in [-0.3, -0.25) is 9.78 Å². The number of nitrogens with one attached hydrogen (secondary N) is 1. The van der Waals surface area contributed by atoms with Gasteiger partial charge in [-0.05, 0) is 46.8 Å². The maximum Gasteiger partial charge on any atom is 0.338 e. The summed E-state index contributed by atoms with van der Waals surface area (Å²) in [5, 5.41) is 4.95. The summed E-state index contributed by atoms with van der Waals surface area (Å²) in [6.07, 6.45) is 3.50. The Morgan fingerprint density at radius 1 is 0.941 bits per heavy atom.